The smallest absolute Gasteiger partial charge is 0.303 e. The predicted molar refractivity (Wildman–Crippen MR) is 162 cm³/mol. The minimum atomic E-state index is -1.43. The molecule has 4 aromatic rings. The summed E-state index contributed by atoms with van der Waals surface area (Å²) in [6, 6.07) is 10.7. The number of esters is 2. The molecule has 0 aromatic heterocycles. The number of fused-ring (bicyclic) bond motifs is 2. The number of ether oxygens (including phenoxy) is 4. The maximum Gasteiger partial charge on any atom is 0.303 e. The van der Waals surface area contributed by atoms with Crippen molar-refractivity contribution in [2.45, 2.75) is 50.6 Å². The molecule has 0 saturated heterocycles. The van der Waals surface area contributed by atoms with Gasteiger partial charge in [0.05, 0.1) is 5.92 Å². The number of phenols is 8. The van der Waals surface area contributed by atoms with Crippen LogP contribution in [0.2, 0.25) is 0 Å². The number of phenolic OH excluding ortho intramolecular Hbond substituents is 8. The van der Waals surface area contributed by atoms with Gasteiger partial charge in [-0.1, -0.05) is 12.1 Å². The van der Waals surface area contributed by atoms with Crippen molar-refractivity contribution in [3.05, 3.63) is 82.4 Å². The van der Waals surface area contributed by atoms with E-state index in [1.54, 1.807) is 0 Å². The Kier molecular flexibility index (Phi) is 7.87. The lowest BCUT2D eigenvalue weighted by atomic mass is 9.77. The molecule has 0 fully saturated rings. The minimum absolute atomic E-state index is 0.0500. The number of hydrogen-bond acceptors (Lipinski definition) is 14. The van der Waals surface area contributed by atoms with Crippen molar-refractivity contribution in [3.8, 4) is 57.5 Å². The molecule has 48 heavy (non-hydrogen) atoms. The number of aromatic hydroxyl groups is 8. The Morgan fingerprint density at radius 2 is 1.21 bits per heavy atom. The van der Waals surface area contributed by atoms with E-state index < -0.39 is 88.3 Å². The van der Waals surface area contributed by atoms with E-state index in [4.69, 9.17) is 18.9 Å². The lowest BCUT2D eigenvalue weighted by Crippen LogP contribution is -2.39. The highest BCUT2D eigenvalue weighted by molar-refractivity contribution is 5.70. The van der Waals surface area contributed by atoms with Gasteiger partial charge in [0.15, 0.2) is 41.3 Å². The second kappa shape index (κ2) is 11.9. The summed E-state index contributed by atoms with van der Waals surface area (Å²) in [5.41, 5.74) is 0.341. The lowest BCUT2D eigenvalue weighted by Gasteiger charge is -2.42. The molecule has 1 unspecified atom stereocenters. The van der Waals surface area contributed by atoms with Gasteiger partial charge in [-0.3, -0.25) is 9.59 Å². The van der Waals surface area contributed by atoms with Crippen molar-refractivity contribution in [1.82, 2.24) is 0 Å². The SMILES string of the molecule is CC(=O)O[C@H]1Cc2c(O)cc(O)c(C3c4c(O)cc(O)cc4O[C@H](c4ccc(O)c(O)c4)[C@H]3OC(C)=O)c2O[C@@H]1c1ccc(O)c(O)c1. The molecular weight excluding hydrogens is 632 g/mol. The van der Waals surface area contributed by atoms with E-state index in [1.165, 1.54) is 49.4 Å². The van der Waals surface area contributed by atoms with Crippen molar-refractivity contribution < 1.29 is 69.4 Å². The van der Waals surface area contributed by atoms with Crippen LogP contribution in [0.4, 0.5) is 0 Å². The molecule has 2 aliphatic heterocycles. The molecule has 0 spiro atoms. The zero-order valence-electron chi connectivity index (χ0n) is 25.3. The quantitative estimate of drug-likeness (QED) is 0.111. The molecular formula is C34H30O14. The van der Waals surface area contributed by atoms with Crippen LogP contribution in [0.3, 0.4) is 0 Å². The van der Waals surface area contributed by atoms with Crippen LogP contribution in [0.25, 0.3) is 0 Å². The Morgan fingerprint density at radius 3 is 1.79 bits per heavy atom. The summed E-state index contributed by atoms with van der Waals surface area (Å²) in [6.07, 6.45) is -5.15. The molecule has 14 heteroatoms. The summed E-state index contributed by atoms with van der Waals surface area (Å²) in [4.78, 5) is 24.7. The van der Waals surface area contributed by atoms with Gasteiger partial charge in [-0.25, -0.2) is 0 Å². The van der Waals surface area contributed by atoms with E-state index in [0.717, 1.165) is 19.1 Å². The molecule has 0 saturated carbocycles. The largest absolute Gasteiger partial charge is 0.508 e. The number of benzene rings is 4. The Bertz CT molecular complexity index is 1950. The van der Waals surface area contributed by atoms with Gasteiger partial charge >= 0.3 is 11.9 Å². The first-order valence-corrected chi connectivity index (χ1v) is 14.6. The van der Waals surface area contributed by atoms with Crippen LogP contribution >= 0.6 is 0 Å². The number of carbonyl (C=O) groups excluding carboxylic acids is 2. The molecule has 8 N–H and O–H groups in total. The highest BCUT2D eigenvalue weighted by Gasteiger charge is 2.49. The van der Waals surface area contributed by atoms with E-state index in [1.807, 2.05) is 0 Å². The molecule has 0 amide bonds. The fourth-order valence-electron chi connectivity index (χ4n) is 6.31. The van der Waals surface area contributed by atoms with Crippen LogP contribution in [0.5, 0.6) is 57.5 Å². The zero-order valence-corrected chi connectivity index (χ0v) is 25.3. The topological polar surface area (TPSA) is 233 Å². The van der Waals surface area contributed by atoms with Crippen molar-refractivity contribution in [2.24, 2.45) is 0 Å². The van der Waals surface area contributed by atoms with Crippen LogP contribution in [0.15, 0.2) is 54.6 Å². The van der Waals surface area contributed by atoms with Crippen molar-refractivity contribution in [2.75, 3.05) is 0 Å². The van der Waals surface area contributed by atoms with E-state index in [2.05, 4.69) is 0 Å². The average molecular weight is 663 g/mol. The number of carbonyl (C=O) groups is 2. The van der Waals surface area contributed by atoms with E-state index in [9.17, 15) is 50.4 Å². The highest BCUT2D eigenvalue weighted by atomic mass is 16.6. The Balaban J connectivity index is 1.62. The first-order valence-electron chi connectivity index (χ1n) is 14.6. The van der Waals surface area contributed by atoms with Gasteiger partial charge in [0.2, 0.25) is 0 Å². The first kappa shape index (κ1) is 31.8. The van der Waals surface area contributed by atoms with Crippen LogP contribution in [-0.4, -0.2) is 65.0 Å². The Labute approximate surface area is 271 Å². The van der Waals surface area contributed by atoms with Gasteiger partial charge in [0, 0.05) is 66.3 Å². The maximum absolute atomic E-state index is 12.6. The molecule has 0 bridgehead atoms. The fraction of sp³-hybridized carbons (Fsp3) is 0.235. The molecule has 250 valence electrons. The van der Waals surface area contributed by atoms with Gasteiger partial charge in [-0.15, -0.1) is 0 Å². The zero-order chi connectivity index (χ0) is 34.6. The van der Waals surface area contributed by atoms with Crippen LogP contribution in [0.1, 0.15) is 59.8 Å². The first-order chi connectivity index (χ1) is 22.7. The predicted octanol–water partition coefficient (Wildman–Crippen LogP) is 4.14. The van der Waals surface area contributed by atoms with Crippen LogP contribution < -0.4 is 9.47 Å². The molecule has 2 aliphatic rings. The summed E-state index contributed by atoms with van der Waals surface area (Å²) in [5.74, 6) is -6.92. The summed E-state index contributed by atoms with van der Waals surface area (Å²) < 4.78 is 23.9. The van der Waals surface area contributed by atoms with E-state index in [0.29, 0.717) is 0 Å². The van der Waals surface area contributed by atoms with Gasteiger partial charge in [-0.2, -0.15) is 0 Å². The molecule has 0 radical (unpaired) electrons. The normalized spacial score (nSPS) is 21.2. The van der Waals surface area contributed by atoms with E-state index in [-0.39, 0.29) is 45.7 Å². The molecule has 4 aromatic carbocycles. The highest BCUT2D eigenvalue weighted by Crippen LogP contribution is 2.58. The van der Waals surface area contributed by atoms with Crippen molar-refractivity contribution in [3.63, 3.8) is 0 Å². The maximum atomic E-state index is 12.6. The molecule has 6 rings (SSSR count). The fourth-order valence-corrected chi connectivity index (χ4v) is 6.31. The third kappa shape index (κ3) is 5.57. The number of hydrogen-bond donors (Lipinski definition) is 8. The molecule has 5 atom stereocenters. The molecule has 2 heterocycles. The second-order valence-corrected chi connectivity index (χ2v) is 11.5. The van der Waals surface area contributed by atoms with Crippen LogP contribution in [-0.2, 0) is 25.5 Å². The van der Waals surface area contributed by atoms with Gasteiger partial charge in [-0.05, 0) is 24.3 Å². The second-order valence-electron chi connectivity index (χ2n) is 11.5. The molecule has 14 nitrogen and oxygen atoms in total. The average Bonchev–Trinajstić information content (AvgIpc) is 3.00. The third-order valence-electron chi connectivity index (χ3n) is 8.25. The van der Waals surface area contributed by atoms with Crippen molar-refractivity contribution >= 4 is 11.9 Å². The summed E-state index contributed by atoms with van der Waals surface area (Å²) in [6.45, 7) is 2.29. The third-order valence-corrected chi connectivity index (χ3v) is 8.25. The Hall–Kier alpha value is -6.18. The summed E-state index contributed by atoms with van der Waals surface area (Å²) >= 11 is 0. The van der Waals surface area contributed by atoms with Crippen LogP contribution in [0, 0.1) is 0 Å². The number of rotatable bonds is 5. The van der Waals surface area contributed by atoms with Gasteiger partial charge < -0.3 is 59.8 Å². The monoisotopic (exact) mass is 662 g/mol. The van der Waals surface area contributed by atoms with Crippen molar-refractivity contribution in [1.29, 1.82) is 0 Å². The summed E-state index contributed by atoms with van der Waals surface area (Å²) in [5, 5.41) is 84.6. The standard InChI is InChI=1S/C34H30O14/c1-13(35)45-27-11-18-21(40)12-25(44)29(33(18)48-31(27)15-3-5-19(38)22(41)7-15)30-28-24(43)9-17(37)10-26(28)47-32(34(30)46-14(2)36)16-4-6-20(39)23(42)8-16/h3-10,12,27,30-32,34,37-44H,11H2,1-2H3/t27-,30?,31+,32+,34-/m0/s1. The van der Waals surface area contributed by atoms with Gasteiger partial charge in [0.1, 0.15) is 40.6 Å². The van der Waals surface area contributed by atoms with E-state index >= 15 is 0 Å². The minimum Gasteiger partial charge on any atom is -0.508 e. The van der Waals surface area contributed by atoms with Gasteiger partial charge in [0.25, 0.3) is 0 Å². The lowest BCUT2D eigenvalue weighted by molar-refractivity contribution is -0.154. The molecule has 0 aliphatic carbocycles. The Morgan fingerprint density at radius 1 is 0.625 bits per heavy atom. The summed E-state index contributed by atoms with van der Waals surface area (Å²) in [7, 11) is 0.